The molecular weight excluding hydrogens is 390 g/mol. The number of hydrogen-bond acceptors (Lipinski definition) is 6. The zero-order valence-corrected chi connectivity index (χ0v) is 17.1. The van der Waals surface area contributed by atoms with Crippen LogP contribution in [0.4, 0.5) is 5.13 Å². The molecule has 0 spiro atoms. The summed E-state index contributed by atoms with van der Waals surface area (Å²) in [4.78, 5) is 31.5. The van der Waals surface area contributed by atoms with Gasteiger partial charge in [0.15, 0.2) is 16.5 Å². The van der Waals surface area contributed by atoms with Crippen molar-refractivity contribution in [1.82, 2.24) is 19.7 Å². The number of fused-ring (bicyclic) bond motifs is 1. The number of carbonyl (C=O) groups excluding carboxylic acids is 2. The Labute approximate surface area is 172 Å². The summed E-state index contributed by atoms with van der Waals surface area (Å²) < 4.78 is 2.25. The molecule has 2 aromatic heterocycles. The first kappa shape index (κ1) is 19.5. The van der Waals surface area contributed by atoms with E-state index in [1.807, 2.05) is 44.2 Å². The van der Waals surface area contributed by atoms with E-state index >= 15 is 0 Å². The molecule has 3 aromatic rings. The van der Waals surface area contributed by atoms with Crippen LogP contribution in [-0.4, -0.2) is 55.8 Å². The van der Waals surface area contributed by atoms with Crippen LogP contribution < -0.4 is 5.32 Å². The third-order valence-electron chi connectivity index (χ3n) is 4.83. The lowest BCUT2D eigenvalue weighted by molar-refractivity contribution is -0.117. The zero-order chi connectivity index (χ0) is 20.5. The quantitative estimate of drug-likeness (QED) is 0.620. The maximum atomic E-state index is 13.2. The third kappa shape index (κ3) is 3.88. The van der Waals surface area contributed by atoms with Crippen LogP contribution >= 0.6 is 11.3 Å². The number of rotatable bonds is 7. The van der Waals surface area contributed by atoms with E-state index in [1.54, 1.807) is 9.58 Å². The molecule has 1 aliphatic rings. The first-order valence-electron chi connectivity index (χ1n) is 9.67. The minimum absolute atomic E-state index is 0.0300. The molecule has 0 aliphatic heterocycles. The number of aliphatic hydroxyl groups is 1. The van der Waals surface area contributed by atoms with Gasteiger partial charge in [0, 0.05) is 18.5 Å². The molecule has 2 amide bonds. The number of anilines is 1. The van der Waals surface area contributed by atoms with Crippen molar-refractivity contribution in [2.24, 2.45) is 5.92 Å². The number of amides is 2. The van der Waals surface area contributed by atoms with Gasteiger partial charge in [-0.05, 0) is 38.8 Å². The zero-order valence-electron chi connectivity index (χ0n) is 16.3. The molecule has 29 heavy (non-hydrogen) atoms. The first-order chi connectivity index (χ1) is 14.0. The van der Waals surface area contributed by atoms with Crippen LogP contribution in [0, 0.1) is 5.92 Å². The molecule has 0 saturated heterocycles. The number of benzene rings is 1. The minimum Gasteiger partial charge on any atom is -0.395 e. The van der Waals surface area contributed by atoms with Crippen molar-refractivity contribution in [1.29, 1.82) is 0 Å². The Kier molecular flexibility index (Phi) is 5.33. The highest BCUT2D eigenvalue weighted by Gasteiger charge is 2.31. The molecule has 8 nitrogen and oxygen atoms in total. The summed E-state index contributed by atoms with van der Waals surface area (Å²) in [5.41, 5.74) is 1.58. The molecule has 1 aliphatic carbocycles. The second kappa shape index (κ2) is 7.92. The fourth-order valence-corrected chi connectivity index (χ4v) is 4.06. The standard InChI is InChI=1S/C20H23N5O3S/c1-12(2)24(10-11-26)19(28)15-16-17(25(23-15)14-6-4-3-5-7-14)21-20(29-16)22-18(27)13-8-9-13/h3-7,12-13,26H,8-11H2,1-2H3,(H,21,22,27). The van der Waals surface area contributed by atoms with Crippen molar-refractivity contribution in [3.8, 4) is 5.69 Å². The van der Waals surface area contributed by atoms with Crippen LogP contribution in [-0.2, 0) is 4.79 Å². The van der Waals surface area contributed by atoms with E-state index in [0.717, 1.165) is 18.5 Å². The third-order valence-corrected chi connectivity index (χ3v) is 5.80. The Morgan fingerprint density at radius 3 is 2.66 bits per heavy atom. The van der Waals surface area contributed by atoms with Gasteiger partial charge < -0.3 is 15.3 Å². The molecule has 2 N–H and O–H groups in total. The summed E-state index contributed by atoms with van der Waals surface area (Å²) in [6.07, 6.45) is 1.81. The van der Waals surface area contributed by atoms with Gasteiger partial charge in [-0.15, -0.1) is 0 Å². The number of nitrogens with zero attached hydrogens (tertiary/aromatic N) is 4. The van der Waals surface area contributed by atoms with Gasteiger partial charge in [0.05, 0.1) is 12.3 Å². The summed E-state index contributed by atoms with van der Waals surface area (Å²) in [7, 11) is 0. The number of aromatic nitrogens is 3. The largest absolute Gasteiger partial charge is 0.395 e. The number of para-hydroxylation sites is 1. The normalized spacial score (nSPS) is 13.8. The van der Waals surface area contributed by atoms with Gasteiger partial charge in [-0.25, -0.2) is 4.68 Å². The van der Waals surface area contributed by atoms with Gasteiger partial charge in [0.1, 0.15) is 4.70 Å². The minimum atomic E-state index is -0.266. The highest BCUT2D eigenvalue weighted by molar-refractivity contribution is 7.22. The van der Waals surface area contributed by atoms with Crippen LogP contribution in [0.5, 0.6) is 0 Å². The van der Waals surface area contributed by atoms with Crippen molar-refractivity contribution in [3.63, 3.8) is 0 Å². The van der Waals surface area contributed by atoms with Crippen LogP contribution in [0.1, 0.15) is 37.2 Å². The highest BCUT2D eigenvalue weighted by Crippen LogP contribution is 2.34. The second-order valence-corrected chi connectivity index (χ2v) is 8.35. The number of aliphatic hydroxyl groups excluding tert-OH is 1. The summed E-state index contributed by atoms with van der Waals surface area (Å²) in [5, 5.41) is 17.2. The Balaban J connectivity index is 1.79. The maximum absolute atomic E-state index is 13.2. The molecule has 2 heterocycles. The maximum Gasteiger partial charge on any atom is 0.276 e. The molecular formula is C20H23N5O3S. The summed E-state index contributed by atoms with van der Waals surface area (Å²) >= 11 is 1.25. The average Bonchev–Trinajstić information content (AvgIpc) is 3.40. The van der Waals surface area contributed by atoms with Crippen molar-refractivity contribution in [2.45, 2.75) is 32.7 Å². The Morgan fingerprint density at radius 1 is 1.31 bits per heavy atom. The Morgan fingerprint density at radius 2 is 2.03 bits per heavy atom. The molecule has 1 aromatic carbocycles. The molecule has 0 radical (unpaired) electrons. The van der Waals surface area contributed by atoms with Gasteiger partial charge in [-0.2, -0.15) is 10.1 Å². The monoisotopic (exact) mass is 413 g/mol. The number of thiazole rings is 1. The van der Waals surface area contributed by atoms with E-state index in [0.29, 0.717) is 15.5 Å². The smallest absolute Gasteiger partial charge is 0.276 e. The van der Waals surface area contributed by atoms with Gasteiger partial charge in [0.2, 0.25) is 5.91 Å². The van der Waals surface area contributed by atoms with E-state index in [1.165, 1.54) is 11.3 Å². The fourth-order valence-electron chi connectivity index (χ4n) is 3.14. The lowest BCUT2D eigenvalue weighted by Crippen LogP contribution is -2.39. The molecule has 9 heteroatoms. The second-order valence-electron chi connectivity index (χ2n) is 7.35. The SMILES string of the molecule is CC(C)N(CCO)C(=O)c1nn(-c2ccccc2)c2nc(NC(=O)C3CC3)sc12. The van der Waals surface area contributed by atoms with Crippen molar-refractivity contribution in [2.75, 3.05) is 18.5 Å². The Bertz CT molecular complexity index is 1040. The average molecular weight is 414 g/mol. The number of hydrogen-bond donors (Lipinski definition) is 2. The van der Waals surface area contributed by atoms with Gasteiger partial charge in [0.25, 0.3) is 5.91 Å². The predicted octanol–water partition coefficient (Wildman–Crippen LogP) is 2.67. The summed E-state index contributed by atoms with van der Waals surface area (Å²) in [5.74, 6) is -0.232. The molecule has 0 atom stereocenters. The molecule has 152 valence electrons. The summed E-state index contributed by atoms with van der Waals surface area (Å²) in [6.45, 7) is 3.89. The molecule has 0 unspecified atom stereocenters. The molecule has 1 saturated carbocycles. The Hall–Kier alpha value is -2.78. The van der Waals surface area contributed by atoms with E-state index in [9.17, 15) is 14.7 Å². The number of carbonyl (C=O) groups is 2. The van der Waals surface area contributed by atoms with Crippen LogP contribution in [0.2, 0.25) is 0 Å². The molecule has 0 bridgehead atoms. The van der Waals surface area contributed by atoms with Crippen molar-refractivity contribution >= 4 is 38.6 Å². The summed E-state index contributed by atoms with van der Waals surface area (Å²) in [6, 6.07) is 9.36. The number of nitrogens with one attached hydrogen (secondary N) is 1. The van der Waals surface area contributed by atoms with Crippen molar-refractivity contribution in [3.05, 3.63) is 36.0 Å². The van der Waals surface area contributed by atoms with Crippen LogP contribution in [0.15, 0.2) is 30.3 Å². The van der Waals surface area contributed by atoms with Crippen molar-refractivity contribution < 1.29 is 14.7 Å². The lowest BCUT2D eigenvalue weighted by Gasteiger charge is -2.24. The topological polar surface area (TPSA) is 100 Å². The van der Waals surface area contributed by atoms with E-state index in [2.05, 4.69) is 15.4 Å². The van der Waals surface area contributed by atoms with Crippen LogP contribution in [0.25, 0.3) is 16.0 Å². The van der Waals surface area contributed by atoms with Crippen LogP contribution in [0.3, 0.4) is 0 Å². The van der Waals surface area contributed by atoms with Gasteiger partial charge in [-0.1, -0.05) is 29.5 Å². The van der Waals surface area contributed by atoms with E-state index < -0.39 is 0 Å². The first-order valence-corrected chi connectivity index (χ1v) is 10.5. The molecule has 4 rings (SSSR count). The fraction of sp³-hybridized carbons (Fsp3) is 0.400. The highest BCUT2D eigenvalue weighted by atomic mass is 32.1. The van der Waals surface area contributed by atoms with E-state index in [-0.39, 0.29) is 42.6 Å². The van der Waals surface area contributed by atoms with Gasteiger partial charge in [-0.3, -0.25) is 9.59 Å². The molecule has 1 fully saturated rings. The predicted molar refractivity (Wildman–Crippen MR) is 111 cm³/mol. The lowest BCUT2D eigenvalue weighted by atomic mass is 10.2. The van der Waals surface area contributed by atoms with Gasteiger partial charge >= 0.3 is 0 Å². The van der Waals surface area contributed by atoms with E-state index in [4.69, 9.17) is 0 Å².